The van der Waals surface area contributed by atoms with Crippen molar-refractivity contribution in [3.05, 3.63) is 143 Å². The van der Waals surface area contributed by atoms with E-state index in [1.807, 2.05) is 48.5 Å². The molecule has 5 heteroatoms. The summed E-state index contributed by atoms with van der Waals surface area (Å²) in [5, 5.41) is 33.3. The van der Waals surface area contributed by atoms with Crippen LogP contribution in [0.4, 0.5) is 0 Å². The van der Waals surface area contributed by atoms with E-state index >= 15 is 0 Å². The highest BCUT2D eigenvalue weighted by Crippen LogP contribution is 2.53. The SMILES string of the molecule is CC1(C)c2ccccc2-c2ccc3c(c21)c1cc(C#N)ccc1n3-c1cccc(-n2c3ccc(C#N)cc3c3cc(C#N)ccc32)c1. The van der Waals surface area contributed by atoms with Gasteiger partial charge in [-0.25, -0.2) is 0 Å². The number of hydrogen-bond donors (Lipinski definition) is 0. The van der Waals surface area contributed by atoms with Crippen LogP contribution in [0.25, 0.3) is 66.1 Å². The van der Waals surface area contributed by atoms with Gasteiger partial charge in [0, 0.05) is 38.3 Å². The second-order valence-electron chi connectivity index (χ2n) is 12.8. The topological polar surface area (TPSA) is 81.2 Å². The monoisotopic (exact) mass is 599 g/mol. The summed E-state index contributed by atoms with van der Waals surface area (Å²) < 4.78 is 4.51. The molecular formula is C42H25N5. The number of nitrogens with zero attached hydrogens (tertiary/aromatic N) is 5. The average molecular weight is 600 g/mol. The van der Waals surface area contributed by atoms with Gasteiger partial charge in [-0.2, -0.15) is 15.8 Å². The predicted octanol–water partition coefficient (Wildman–Crippen LogP) is 9.80. The van der Waals surface area contributed by atoms with Crippen LogP contribution in [-0.2, 0) is 5.41 Å². The lowest BCUT2D eigenvalue weighted by atomic mass is 9.80. The Hall–Kier alpha value is -6.61. The van der Waals surface area contributed by atoms with Crippen LogP contribution in [0, 0.1) is 34.0 Å². The molecule has 0 atom stereocenters. The third kappa shape index (κ3) is 3.56. The Labute approximate surface area is 271 Å². The van der Waals surface area contributed by atoms with Gasteiger partial charge in [-0.3, -0.25) is 0 Å². The van der Waals surface area contributed by atoms with Gasteiger partial charge in [0.05, 0.1) is 57.0 Å². The largest absolute Gasteiger partial charge is 0.309 e. The van der Waals surface area contributed by atoms with Gasteiger partial charge in [-0.1, -0.05) is 50.2 Å². The zero-order valence-electron chi connectivity index (χ0n) is 25.7. The first kappa shape index (κ1) is 26.8. The van der Waals surface area contributed by atoms with Gasteiger partial charge in [-0.05, 0) is 101 Å². The molecule has 2 heterocycles. The minimum absolute atomic E-state index is 0.220. The highest BCUT2D eigenvalue weighted by atomic mass is 15.0. The Morgan fingerprint density at radius 3 is 1.60 bits per heavy atom. The van der Waals surface area contributed by atoms with Gasteiger partial charge in [-0.15, -0.1) is 0 Å². The maximum Gasteiger partial charge on any atom is 0.0991 e. The Balaban J connectivity index is 1.35. The minimum atomic E-state index is -0.220. The second-order valence-corrected chi connectivity index (χ2v) is 12.8. The molecule has 0 bridgehead atoms. The quantitative estimate of drug-likeness (QED) is 0.198. The highest BCUT2D eigenvalue weighted by Gasteiger charge is 2.38. The van der Waals surface area contributed by atoms with E-state index in [0.717, 1.165) is 49.6 Å². The molecular weight excluding hydrogens is 574 g/mol. The molecule has 9 rings (SSSR count). The van der Waals surface area contributed by atoms with E-state index in [1.165, 1.54) is 27.6 Å². The van der Waals surface area contributed by atoms with Crippen LogP contribution in [0.5, 0.6) is 0 Å². The lowest BCUT2D eigenvalue weighted by Crippen LogP contribution is -2.15. The van der Waals surface area contributed by atoms with Crippen molar-refractivity contribution in [2.45, 2.75) is 19.3 Å². The molecule has 1 aliphatic carbocycles. The van der Waals surface area contributed by atoms with Gasteiger partial charge in [0.1, 0.15) is 0 Å². The molecule has 0 N–H and O–H groups in total. The Morgan fingerprint density at radius 2 is 1.00 bits per heavy atom. The van der Waals surface area contributed by atoms with Crippen LogP contribution in [-0.4, -0.2) is 9.13 Å². The number of hydrogen-bond acceptors (Lipinski definition) is 3. The third-order valence-corrected chi connectivity index (χ3v) is 9.95. The molecule has 0 aliphatic heterocycles. The molecule has 0 amide bonds. The van der Waals surface area contributed by atoms with Gasteiger partial charge in [0.15, 0.2) is 0 Å². The average Bonchev–Trinajstić information content (AvgIpc) is 3.70. The Bertz CT molecular complexity index is 2730. The molecule has 0 fully saturated rings. The lowest BCUT2D eigenvalue weighted by molar-refractivity contribution is 0.666. The summed E-state index contributed by atoms with van der Waals surface area (Å²) in [7, 11) is 0. The molecule has 47 heavy (non-hydrogen) atoms. The summed E-state index contributed by atoms with van der Waals surface area (Å²) in [6.07, 6.45) is 0. The third-order valence-electron chi connectivity index (χ3n) is 9.95. The molecule has 0 saturated carbocycles. The summed E-state index contributed by atoms with van der Waals surface area (Å²) in [6.45, 7) is 4.60. The number of aromatic nitrogens is 2. The van der Waals surface area contributed by atoms with Crippen molar-refractivity contribution < 1.29 is 0 Å². The van der Waals surface area contributed by atoms with E-state index in [0.29, 0.717) is 16.7 Å². The predicted molar refractivity (Wildman–Crippen MR) is 187 cm³/mol. The van der Waals surface area contributed by atoms with E-state index in [2.05, 4.69) is 108 Å². The van der Waals surface area contributed by atoms with Crippen molar-refractivity contribution in [1.82, 2.24) is 9.13 Å². The molecule has 8 aromatic rings. The van der Waals surface area contributed by atoms with Crippen molar-refractivity contribution >= 4 is 43.6 Å². The summed E-state index contributed by atoms with van der Waals surface area (Å²) in [5.74, 6) is 0. The van der Waals surface area contributed by atoms with Crippen molar-refractivity contribution in [2.24, 2.45) is 0 Å². The van der Waals surface area contributed by atoms with Gasteiger partial charge in [0.2, 0.25) is 0 Å². The fourth-order valence-electron chi connectivity index (χ4n) is 7.94. The smallest absolute Gasteiger partial charge is 0.0991 e. The van der Waals surface area contributed by atoms with Crippen molar-refractivity contribution in [3.63, 3.8) is 0 Å². The normalized spacial score (nSPS) is 13.0. The van der Waals surface area contributed by atoms with Crippen LogP contribution >= 0.6 is 0 Å². The summed E-state index contributed by atoms with van der Waals surface area (Å²) in [5.41, 5.74) is 12.7. The molecule has 5 nitrogen and oxygen atoms in total. The van der Waals surface area contributed by atoms with E-state index < -0.39 is 0 Å². The first-order valence-electron chi connectivity index (χ1n) is 15.5. The minimum Gasteiger partial charge on any atom is -0.309 e. The molecule has 0 saturated heterocycles. The van der Waals surface area contributed by atoms with Crippen molar-refractivity contribution in [1.29, 1.82) is 15.8 Å². The summed E-state index contributed by atoms with van der Waals surface area (Å²) in [6, 6.07) is 46.0. The Kier molecular flexibility index (Phi) is 5.38. The van der Waals surface area contributed by atoms with Gasteiger partial charge in [0.25, 0.3) is 0 Å². The molecule has 2 aromatic heterocycles. The van der Waals surface area contributed by atoms with Gasteiger partial charge < -0.3 is 9.13 Å². The van der Waals surface area contributed by atoms with Gasteiger partial charge >= 0.3 is 0 Å². The number of fused-ring (bicyclic) bond motifs is 10. The Morgan fingerprint density at radius 1 is 0.489 bits per heavy atom. The zero-order chi connectivity index (χ0) is 32.0. The van der Waals surface area contributed by atoms with Crippen LogP contribution in [0.3, 0.4) is 0 Å². The second kappa shape index (κ2) is 9.45. The van der Waals surface area contributed by atoms with Crippen molar-refractivity contribution in [2.75, 3.05) is 0 Å². The molecule has 0 spiro atoms. The van der Waals surface area contributed by atoms with Crippen LogP contribution in [0.1, 0.15) is 41.7 Å². The van der Waals surface area contributed by atoms with E-state index in [-0.39, 0.29) is 5.41 Å². The van der Waals surface area contributed by atoms with E-state index in [9.17, 15) is 15.8 Å². The fourth-order valence-corrected chi connectivity index (χ4v) is 7.94. The molecule has 0 unspecified atom stereocenters. The van der Waals surface area contributed by atoms with Crippen LogP contribution < -0.4 is 0 Å². The number of rotatable bonds is 2. The summed E-state index contributed by atoms with van der Waals surface area (Å²) in [4.78, 5) is 0. The maximum atomic E-state index is 9.92. The standard InChI is InChI=1S/C42H25N5/c1-42(2)35-9-4-3-8-30(35)31-13-17-39-40(41(31)42)34-20-27(24-45)12-16-38(34)47(39)29-7-5-6-28(21-29)46-36-14-10-25(22-43)18-32(36)33-19-26(23-44)11-15-37(33)46/h3-21H,1-2H3. The zero-order valence-corrected chi connectivity index (χ0v) is 25.7. The molecule has 218 valence electrons. The van der Waals surface area contributed by atoms with E-state index in [1.54, 1.807) is 0 Å². The van der Waals surface area contributed by atoms with Crippen LogP contribution in [0.15, 0.2) is 115 Å². The van der Waals surface area contributed by atoms with E-state index in [4.69, 9.17) is 0 Å². The maximum absolute atomic E-state index is 9.92. The van der Waals surface area contributed by atoms with Crippen LogP contribution in [0.2, 0.25) is 0 Å². The first-order valence-corrected chi connectivity index (χ1v) is 15.5. The van der Waals surface area contributed by atoms with Crippen molar-refractivity contribution in [3.8, 4) is 40.7 Å². The highest BCUT2D eigenvalue weighted by molar-refractivity contribution is 6.15. The molecule has 1 aliphatic rings. The molecule has 6 aromatic carbocycles. The summed E-state index contributed by atoms with van der Waals surface area (Å²) >= 11 is 0. The number of nitriles is 3. The lowest BCUT2D eigenvalue weighted by Gasteiger charge is -2.22. The first-order chi connectivity index (χ1) is 22.9. The molecule has 0 radical (unpaired) electrons. The fraction of sp³-hybridized carbons (Fsp3) is 0.0714. The number of benzene rings is 6.